The zero-order valence-corrected chi connectivity index (χ0v) is 16.4. The minimum absolute atomic E-state index is 0.0381. The summed E-state index contributed by atoms with van der Waals surface area (Å²) in [4.78, 5) is 24.3. The Balaban J connectivity index is 1.50. The molecule has 2 amide bonds. The molecule has 0 saturated carbocycles. The van der Waals surface area contributed by atoms with Crippen LogP contribution in [0, 0.1) is 5.92 Å². The van der Waals surface area contributed by atoms with E-state index in [1.807, 2.05) is 0 Å². The third-order valence-corrected chi connectivity index (χ3v) is 5.67. The van der Waals surface area contributed by atoms with E-state index in [0.29, 0.717) is 29.5 Å². The summed E-state index contributed by atoms with van der Waals surface area (Å²) in [7, 11) is 0. The first-order valence-electron chi connectivity index (χ1n) is 9.98. The Morgan fingerprint density at radius 1 is 1.18 bits per heavy atom. The Morgan fingerprint density at radius 3 is 2.82 bits per heavy atom. The fourth-order valence-electron chi connectivity index (χ4n) is 4.18. The van der Waals surface area contributed by atoms with Gasteiger partial charge in [-0.25, -0.2) is 0 Å². The van der Waals surface area contributed by atoms with Gasteiger partial charge in [0.2, 0.25) is 5.91 Å². The number of ether oxygens (including phenoxy) is 1. The van der Waals surface area contributed by atoms with Crippen molar-refractivity contribution in [3.8, 4) is 5.75 Å². The van der Waals surface area contributed by atoms with Crippen LogP contribution in [0.4, 0.5) is 11.4 Å². The fourth-order valence-corrected chi connectivity index (χ4v) is 4.18. The smallest absolute Gasteiger partial charge is 0.262 e. The zero-order valence-electron chi connectivity index (χ0n) is 16.4. The molecule has 0 radical (unpaired) electrons. The fraction of sp³-hybridized carbons (Fsp3) is 0.391. The quantitative estimate of drug-likeness (QED) is 0.816. The zero-order chi connectivity index (χ0) is 19.7. The molecule has 0 saturated heterocycles. The van der Waals surface area contributed by atoms with Gasteiger partial charge < -0.3 is 15.4 Å². The molecule has 4 rings (SSSR count). The predicted molar refractivity (Wildman–Crippen MR) is 110 cm³/mol. The van der Waals surface area contributed by atoms with Crippen LogP contribution in [0.25, 0.3) is 0 Å². The lowest BCUT2D eigenvalue weighted by Gasteiger charge is -2.23. The summed E-state index contributed by atoms with van der Waals surface area (Å²) in [5.74, 6) is 0.797. The van der Waals surface area contributed by atoms with Gasteiger partial charge in [0.15, 0.2) is 12.4 Å². The van der Waals surface area contributed by atoms with Gasteiger partial charge in [0, 0.05) is 6.42 Å². The predicted octanol–water partition coefficient (Wildman–Crippen LogP) is 4.27. The van der Waals surface area contributed by atoms with Crippen molar-refractivity contribution >= 4 is 23.2 Å². The van der Waals surface area contributed by atoms with E-state index in [1.165, 1.54) is 23.1 Å². The van der Waals surface area contributed by atoms with Gasteiger partial charge in [-0.2, -0.15) is 0 Å². The highest BCUT2D eigenvalue weighted by Gasteiger charge is 2.24. The molecular formula is C23H26N2O3. The molecule has 1 atom stereocenters. The summed E-state index contributed by atoms with van der Waals surface area (Å²) >= 11 is 0. The van der Waals surface area contributed by atoms with E-state index in [1.54, 1.807) is 18.2 Å². The summed E-state index contributed by atoms with van der Waals surface area (Å²) in [5.41, 5.74) is 5.31. The lowest BCUT2D eigenvalue weighted by Crippen LogP contribution is -2.26. The van der Waals surface area contributed by atoms with Crippen molar-refractivity contribution in [1.82, 2.24) is 0 Å². The number of carbonyl (C=O) groups is 2. The van der Waals surface area contributed by atoms with Crippen molar-refractivity contribution in [1.29, 1.82) is 0 Å². The molecule has 28 heavy (non-hydrogen) atoms. The average Bonchev–Trinajstić information content (AvgIpc) is 3.13. The summed E-state index contributed by atoms with van der Waals surface area (Å²) in [5, 5.41) is 5.74. The van der Waals surface area contributed by atoms with Crippen LogP contribution in [0.15, 0.2) is 36.4 Å². The molecule has 5 nitrogen and oxygen atoms in total. The third kappa shape index (κ3) is 3.75. The Labute approximate surface area is 165 Å². The van der Waals surface area contributed by atoms with Gasteiger partial charge in [-0.15, -0.1) is 0 Å². The first-order valence-corrected chi connectivity index (χ1v) is 9.98. The van der Waals surface area contributed by atoms with E-state index >= 15 is 0 Å². The first-order chi connectivity index (χ1) is 13.5. The van der Waals surface area contributed by atoms with Crippen molar-refractivity contribution in [3.05, 3.63) is 53.1 Å². The second-order valence-electron chi connectivity index (χ2n) is 8.00. The van der Waals surface area contributed by atoms with Crippen LogP contribution in [0.3, 0.4) is 0 Å². The van der Waals surface area contributed by atoms with Crippen LogP contribution in [-0.4, -0.2) is 18.4 Å². The number of hydrogen-bond acceptors (Lipinski definition) is 3. The number of rotatable bonds is 5. The van der Waals surface area contributed by atoms with Gasteiger partial charge in [0.1, 0.15) is 0 Å². The van der Waals surface area contributed by atoms with Gasteiger partial charge in [-0.05, 0) is 59.9 Å². The molecular weight excluding hydrogens is 352 g/mol. The number of hydrogen-bond donors (Lipinski definition) is 2. The highest BCUT2D eigenvalue weighted by atomic mass is 16.5. The number of nitrogens with one attached hydrogen (secondary N) is 2. The van der Waals surface area contributed by atoms with Crippen molar-refractivity contribution in [2.45, 2.75) is 45.4 Å². The molecule has 0 aromatic heterocycles. The van der Waals surface area contributed by atoms with Crippen molar-refractivity contribution < 1.29 is 14.3 Å². The highest BCUT2D eigenvalue weighted by molar-refractivity contribution is 6.00. The number of anilines is 2. The van der Waals surface area contributed by atoms with E-state index in [9.17, 15) is 9.59 Å². The van der Waals surface area contributed by atoms with E-state index in [0.717, 1.165) is 12.8 Å². The molecule has 2 aromatic carbocycles. The van der Waals surface area contributed by atoms with Gasteiger partial charge >= 0.3 is 0 Å². The van der Waals surface area contributed by atoms with E-state index in [4.69, 9.17) is 4.74 Å². The Kier molecular flexibility index (Phi) is 5.07. The Morgan fingerprint density at radius 2 is 2.00 bits per heavy atom. The van der Waals surface area contributed by atoms with E-state index < -0.39 is 0 Å². The van der Waals surface area contributed by atoms with Gasteiger partial charge in [0.05, 0.1) is 11.4 Å². The molecule has 1 aliphatic heterocycles. The standard InChI is InChI=1S/C23H26N2O3/c1-14(2)18(17-10-9-15-5-3-6-16(15)11-17)12-21(26)24-19-7-4-8-20-23(19)28-13-22(27)25-20/h4,7-11,14,18H,3,5-6,12-13H2,1-2H3,(H,24,26)(H,25,27). The normalized spacial score (nSPS) is 16.0. The summed E-state index contributed by atoms with van der Waals surface area (Å²) in [6.07, 6.45) is 3.94. The van der Waals surface area contributed by atoms with Crippen molar-refractivity contribution in [3.63, 3.8) is 0 Å². The van der Waals surface area contributed by atoms with Gasteiger partial charge in [-0.3, -0.25) is 9.59 Å². The molecule has 0 fully saturated rings. The Bertz CT molecular complexity index is 920. The molecule has 0 spiro atoms. The monoisotopic (exact) mass is 378 g/mol. The summed E-state index contributed by atoms with van der Waals surface area (Å²) < 4.78 is 5.53. The van der Waals surface area contributed by atoms with Crippen LogP contribution in [0.2, 0.25) is 0 Å². The van der Waals surface area contributed by atoms with E-state index in [-0.39, 0.29) is 24.3 Å². The molecule has 2 N–H and O–H groups in total. The molecule has 2 aromatic rings. The first kappa shape index (κ1) is 18.5. The molecule has 1 unspecified atom stereocenters. The SMILES string of the molecule is CC(C)C(CC(=O)Nc1cccc2c1OCC(=O)N2)c1ccc2c(c1)CCC2. The van der Waals surface area contributed by atoms with Crippen molar-refractivity contribution in [2.24, 2.45) is 5.92 Å². The average molecular weight is 378 g/mol. The number of para-hydroxylation sites is 1. The summed E-state index contributed by atoms with van der Waals surface area (Å²) in [6, 6.07) is 12.1. The lowest BCUT2D eigenvalue weighted by molar-refractivity contribution is -0.118. The third-order valence-electron chi connectivity index (χ3n) is 5.67. The summed E-state index contributed by atoms with van der Waals surface area (Å²) in [6.45, 7) is 4.28. The molecule has 1 aliphatic carbocycles. The molecule has 2 aliphatic rings. The topological polar surface area (TPSA) is 67.4 Å². The number of benzene rings is 2. The number of carbonyl (C=O) groups excluding carboxylic acids is 2. The lowest BCUT2D eigenvalue weighted by atomic mass is 9.84. The molecule has 5 heteroatoms. The maximum Gasteiger partial charge on any atom is 0.262 e. The van der Waals surface area contributed by atoms with Crippen LogP contribution >= 0.6 is 0 Å². The molecule has 146 valence electrons. The van der Waals surface area contributed by atoms with Crippen LogP contribution in [-0.2, 0) is 22.4 Å². The van der Waals surface area contributed by atoms with Gasteiger partial charge in [0.25, 0.3) is 5.91 Å². The second-order valence-corrected chi connectivity index (χ2v) is 8.00. The molecule has 0 bridgehead atoms. The second kappa shape index (κ2) is 7.66. The van der Waals surface area contributed by atoms with E-state index in [2.05, 4.69) is 42.7 Å². The number of fused-ring (bicyclic) bond motifs is 2. The largest absolute Gasteiger partial charge is 0.479 e. The highest BCUT2D eigenvalue weighted by Crippen LogP contribution is 2.37. The maximum atomic E-state index is 12.8. The van der Waals surface area contributed by atoms with Gasteiger partial charge in [-0.1, -0.05) is 38.1 Å². The Hall–Kier alpha value is -2.82. The molecule has 1 heterocycles. The minimum atomic E-state index is -0.188. The van der Waals surface area contributed by atoms with Crippen molar-refractivity contribution in [2.75, 3.05) is 17.2 Å². The number of amides is 2. The van der Waals surface area contributed by atoms with Crippen LogP contribution < -0.4 is 15.4 Å². The number of aryl methyl sites for hydroxylation is 2. The maximum absolute atomic E-state index is 12.8. The van der Waals surface area contributed by atoms with Crippen LogP contribution in [0.1, 0.15) is 49.3 Å². The van der Waals surface area contributed by atoms with Crippen LogP contribution in [0.5, 0.6) is 5.75 Å². The minimum Gasteiger partial charge on any atom is -0.479 e.